The van der Waals surface area contributed by atoms with Crippen molar-refractivity contribution in [3.05, 3.63) is 36.5 Å². The highest BCUT2D eigenvalue weighted by atomic mass is 16.3. The van der Waals surface area contributed by atoms with Gasteiger partial charge in [-0.1, -0.05) is 24.6 Å². The van der Waals surface area contributed by atoms with Gasteiger partial charge in [0.1, 0.15) is 24.8 Å². The van der Waals surface area contributed by atoms with Crippen LogP contribution in [-0.2, 0) is 6.54 Å². The third-order valence-corrected chi connectivity index (χ3v) is 6.65. The summed E-state index contributed by atoms with van der Waals surface area (Å²) in [6, 6.07) is 11.5. The number of likely N-dealkylation sites (tertiary alicyclic amines) is 1. The number of fused-ring (bicyclic) bond motifs is 1. The number of hydrogen-bond donors (Lipinski definition) is 4. The zero-order valence-electron chi connectivity index (χ0n) is 16.3. The molecule has 0 spiro atoms. The fourth-order valence-electron chi connectivity index (χ4n) is 5.08. The van der Waals surface area contributed by atoms with Crippen LogP contribution in [0.2, 0.25) is 0 Å². The molecule has 5 heteroatoms. The zero-order chi connectivity index (χ0) is 18.6. The van der Waals surface area contributed by atoms with E-state index in [1.54, 1.807) is 0 Å². The molecule has 1 saturated heterocycles. The van der Waals surface area contributed by atoms with Gasteiger partial charge in [0.15, 0.2) is 0 Å². The molecule has 0 bridgehead atoms. The number of aromatic nitrogens is 1. The summed E-state index contributed by atoms with van der Waals surface area (Å²) in [5, 5.41) is 24.5. The van der Waals surface area contributed by atoms with Crippen LogP contribution < -0.4 is 10.2 Å². The second kappa shape index (κ2) is 8.74. The number of nitrogens with one attached hydrogen (secondary N) is 1. The van der Waals surface area contributed by atoms with Crippen LogP contribution in [0.5, 0.6) is 0 Å². The molecule has 1 aliphatic carbocycles. The highest BCUT2D eigenvalue weighted by Crippen LogP contribution is 2.17. The van der Waals surface area contributed by atoms with Crippen LogP contribution in [0.4, 0.5) is 0 Å². The Labute approximate surface area is 162 Å². The van der Waals surface area contributed by atoms with Crippen molar-refractivity contribution in [2.24, 2.45) is 0 Å². The van der Waals surface area contributed by atoms with Crippen molar-refractivity contribution in [2.75, 3.05) is 19.6 Å². The average molecular weight is 374 g/mol. The predicted molar refractivity (Wildman–Crippen MR) is 107 cm³/mol. The standard InChI is InChI=1S/C22H33N3O2/c26-19(16-25-14-9-17-5-1-3-7-21(17)25)15-24-12-10-18(11-13-24)23-20-6-2-4-8-22(20)27/h1,3,5,7,9,14,18-20,22-23,26-27H,2,4,6,8,10-13,15-16H2/p+2/t19-,20+,22+/m1/s1. The van der Waals surface area contributed by atoms with Crippen LogP contribution in [0.3, 0.4) is 0 Å². The summed E-state index contributed by atoms with van der Waals surface area (Å²) in [5.41, 5.74) is 1.20. The molecule has 5 nitrogen and oxygen atoms in total. The third-order valence-electron chi connectivity index (χ3n) is 6.65. The highest BCUT2D eigenvalue weighted by molar-refractivity contribution is 5.79. The van der Waals surface area contributed by atoms with Gasteiger partial charge in [-0.25, -0.2) is 0 Å². The topological polar surface area (TPSA) is 66.4 Å². The first-order valence-corrected chi connectivity index (χ1v) is 10.8. The first-order chi connectivity index (χ1) is 13.2. The van der Waals surface area contributed by atoms with E-state index in [0.717, 1.165) is 32.5 Å². The van der Waals surface area contributed by atoms with Crippen LogP contribution in [0.15, 0.2) is 36.5 Å². The Hall–Kier alpha value is -1.40. The lowest BCUT2D eigenvalue weighted by Gasteiger charge is -2.33. The molecule has 2 heterocycles. The van der Waals surface area contributed by atoms with Gasteiger partial charge in [0.05, 0.1) is 25.7 Å². The lowest BCUT2D eigenvalue weighted by atomic mass is 9.91. The van der Waals surface area contributed by atoms with E-state index in [0.29, 0.717) is 18.6 Å². The van der Waals surface area contributed by atoms with Gasteiger partial charge in [-0.05, 0) is 30.4 Å². The summed E-state index contributed by atoms with van der Waals surface area (Å²) >= 11 is 0. The van der Waals surface area contributed by atoms with Crippen molar-refractivity contribution in [1.29, 1.82) is 0 Å². The van der Waals surface area contributed by atoms with E-state index in [1.807, 2.05) is 0 Å². The lowest BCUT2D eigenvalue weighted by Crippen LogP contribution is -3.16. The van der Waals surface area contributed by atoms with Crippen LogP contribution in [0.25, 0.3) is 10.9 Å². The van der Waals surface area contributed by atoms with E-state index in [4.69, 9.17) is 0 Å². The van der Waals surface area contributed by atoms with Crippen LogP contribution >= 0.6 is 0 Å². The molecule has 0 unspecified atom stereocenters. The maximum absolute atomic E-state index is 10.6. The molecular weight excluding hydrogens is 338 g/mol. The van der Waals surface area contributed by atoms with Crippen LogP contribution in [-0.4, -0.2) is 58.7 Å². The first kappa shape index (κ1) is 18.9. The number of para-hydroxylation sites is 1. The van der Waals surface area contributed by atoms with Gasteiger partial charge >= 0.3 is 0 Å². The van der Waals surface area contributed by atoms with Gasteiger partial charge < -0.3 is 25.0 Å². The van der Waals surface area contributed by atoms with E-state index in [9.17, 15) is 10.2 Å². The molecule has 5 N–H and O–H groups in total. The average Bonchev–Trinajstić information content (AvgIpc) is 3.08. The molecular formula is C22H35N3O2+2. The Morgan fingerprint density at radius 2 is 1.85 bits per heavy atom. The number of quaternary nitrogens is 2. The molecule has 2 aromatic rings. The van der Waals surface area contributed by atoms with Gasteiger partial charge in [0.25, 0.3) is 0 Å². The molecule has 3 atom stereocenters. The molecule has 4 rings (SSSR count). The molecule has 1 aliphatic heterocycles. The molecule has 2 aliphatic rings. The summed E-state index contributed by atoms with van der Waals surface area (Å²) in [5.74, 6) is 0. The van der Waals surface area contributed by atoms with Crippen LogP contribution in [0, 0.1) is 0 Å². The monoisotopic (exact) mass is 373 g/mol. The first-order valence-electron chi connectivity index (χ1n) is 10.8. The Balaban J connectivity index is 1.23. The second-order valence-corrected chi connectivity index (χ2v) is 8.68. The number of hydrogen-bond acceptors (Lipinski definition) is 2. The summed E-state index contributed by atoms with van der Waals surface area (Å²) in [7, 11) is 0. The van der Waals surface area contributed by atoms with E-state index in [1.165, 1.54) is 41.5 Å². The maximum Gasteiger partial charge on any atom is 0.121 e. The lowest BCUT2D eigenvalue weighted by molar-refractivity contribution is -0.917. The molecule has 27 heavy (non-hydrogen) atoms. The Bertz CT molecular complexity index is 723. The van der Waals surface area contributed by atoms with Gasteiger partial charge in [0.2, 0.25) is 0 Å². The van der Waals surface area contributed by atoms with Crippen molar-refractivity contribution in [3.8, 4) is 0 Å². The largest absolute Gasteiger partial charge is 0.387 e. The van der Waals surface area contributed by atoms with Crippen molar-refractivity contribution in [1.82, 2.24) is 4.57 Å². The molecule has 0 radical (unpaired) electrons. The Morgan fingerprint density at radius 3 is 2.67 bits per heavy atom. The molecule has 2 fully saturated rings. The van der Waals surface area contributed by atoms with Gasteiger partial charge in [-0.2, -0.15) is 0 Å². The normalized spacial score (nSPS) is 30.4. The number of piperidine rings is 1. The summed E-state index contributed by atoms with van der Waals surface area (Å²) in [6.45, 7) is 3.76. The Kier molecular flexibility index (Phi) is 6.13. The summed E-state index contributed by atoms with van der Waals surface area (Å²) < 4.78 is 2.17. The predicted octanol–water partition coefficient (Wildman–Crippen LogP) is -0.0836. The van der Waals surface area contributed by atoms with Crippen molar-refractivity contribution < 1.29 is 20.4 Å². The van der Waals surface area contributed by atoms with Crippen molar-refractivity contribution >= 4 is 10.9 Å². The van der Waals surface area contributed by atoms with E-state index < -0.39 is 0 Å². The quantitative estimate of drug-likeness (QED) is 0.572. The smallest absolute Gasteiger partial charge is 0.121 e. The molecule has 0 amide bonds. The number of aliphatic hydroxyl groups excluding tert-OH is 2. The minimum Gasteiger partial charge on any atom is -0.387 e. The number of nitrogens with two attached hydrogens (primary N) is 1. The minimum atomic E-state index is -0.309. The number of benzene rings is 1. The number of nitrogens with zero attached hydrogens (tertiary/aromatic N) is 1. The summed E-state index contributed by atoms with van der Waals surface area (Å²) in [6.07, 6.45) is 8.64. The Morgan fingerprint density at radius 1 is 1.07 bits per heavy atom. The molecule has 1 aromatic heterocycles. The summed E-state index contributed by atoms with van der Waals surface area (Å²) in [4.78, 5) is 1.52. The SMILES string of the molecule is O[C@@H](Cn1ccc2ccccc21)C[NH+]1CCC([NH2+][C@H]2CCCC[C@@H]2O)CC1. The fraction of sp³-hybridized carbons (Fsp3) is 0.636. The second-order valence-electron chi connectivity index (χ2n) is 8.68. The van der Waals surface area contributed by atoms with Gasteiger partial charge in [-0.3, -0.25) is 0 Å². The van der Waals surface area contributed by atoms with Crippen LogP contribution in [0.1, 0.15) is 38.5 Å². The third kappa shape index (κ3) is 4.72. The molecule has 1 saturated carbocycles. The highest BCUT2D eigenvalue weighted by Gasteiger charge is 2.32. The van der Waals surface area contributed by atoms with E-state index in [2.05, 4.69) is 46.4 Å². The van der Waals surface area contributed by atoms with Gasteiger partial charge in [0, 0.05) is 31.0 Å². The molecule has 148 valence electrons. The van der Waals surface area contributed by atoms with Crippen molar-refractivity contribution in [2.45, 2.75) is 69.4 Å². The maximum atomic E-state index is 10.6. The minimum absolute atomic E-state index is 0.109. The molecule has 1 aromatic carbocycles. The number of rotatable bonds is 6. The van der Waals surface area contributed by atoms with E-state index >= 15 is 0 Å². The fourth-order valence-corrected chi connectivity index (χ4v) is 5.08. The van der Waals surface area contributed by atoms with Gasteiger partial charge in [-0.15, -0.1) is 0 Å². The van der Waals surface area contributed by atoms with E-state index in [-0.39, 0.29) is 12.2 Å². The number of aliphatic hydroxyl groups is 2. The van der Waals surface area contributed by atoms with Crippen molar-refractivity contribution in [3.63, 3.8) is 0 Å². The zero-order valence-corrected chi connectivity index (χ0v) is 16.3.